The Morgan fingerprint density at radius 3 is 2.43 bits per heavy atom. The smallest absolute Gasteiger partial charge is 0.335 e. The van der Waals surface area contributed by atoms with Gasteiger partial charge >= 0.3 is 5.97 Å². The highest BCUT2D eigenvalue weighted by Gasteiger charge is 2.23. The molecule has 0 saturated carbocycles. The molecule has 0 unspecified atom stereocenters. The first-order chi connectivity index (χ1) is 10.6. The van der Waals surface area contributed by atoms with E-state index in [1.807, 2.05) is 0 Å². The van der Waals surface area contributed by atoms with Crippen LogP contribution in [0.15, 0.2) is 53.9 Å². The lowest BCUT2D eigenvalue weighted by Gasteiger charge is -2.11. The summed E-state index contributed by atoms with van der Waals surface area (Å²) in [5.41, 5.74) is 0. The first kappa shape index (κ1) is 17.1. The van der Waals surface area contributed by atoms with Gasteiger partial charge in [0.1, 0.15) is 5.75 Å². The van der Waals surface area contributed by atoms with Crippen molar-refractivity contribution in [3.8, 4) is 5.75 Å². The van der Waals surface area contributed by atoms with Gasteiger partial charge in [-0.25, -0.2) is 21.6 Å². The monoisotopic (exact) mass is 355 g/mol. The van der Waals surface area contributed by atoms with Crippen LogP contribution < -0.4 is 8.86 Å². The molecule has 0 aromatic heterocycles. The summed E-state index contributed by atoms with van der Waals surface area (Å²) in [6.07, 6.45) is 1.66. The summed E-state index contributed by atoms with van der Waals surface area (Å²) in [6, 6.07) is 8.96. The number of hydrogen-bond donors (Lipinski definition) is 1. The molecular formula is C14H13NO6S2. The number of esters is 1. The van der Waals surface area contributed by atoms with Crippen molar-refractivity contribution in [1.82, 2.24) is 4.13 Å². The summed E-state index contributed by atoms with van der Waals surface area (Å²) < 4.78 is 53.7. The van der Waals surface area contributed by atoms with Crippen LogP contribution in [0, 0.1) is 0 Å². The van der Waals surface area contributed by atoms with Crippen LogP contribution >= 0.6 is 0 Å². The molecule has 0 amide bonds. The number of fused-ring (bicyclic) bond motifs is 1. The van der Waals surface area contributed by atoms with Gasteiger partial charge in [0.05, 0.1) is 11.2 Å². The lowest BCUT2D eigenvalue weighted by molar-refractivity contribution is -0.128. The van der Waals surface area contributed by atoms with Crippen LogP contribution in [0.5, 0.6) is 5.75 Å². The van der Waals surface area contributed by atoms with Crippen molar-refractivity contribution in [1.29, 1.82) is 0 Å². The zero-order valence-electron chi connectivity index (χ0n) is 12.0. The van der Waals surface area contributed by atoms with E-state index in [1.165, 1.54) is 12.1 Å². The lowest BCUT2D eigenvalue weighted by Crippen LogP contribution is -2.29. The van der Waals surface area contributed by atoms with E-state index in [1.54, 1.807) is 22.3 Å². The van der Waals surface area contributed by atoms with Crippen LogP contribution in [-0.2, 0) is 24.8 Å². The fourth-order valence-electron chi connectivity index (χ4n) is 1.93. The zero-order valence-corrected chi connectivity index (χ0v) is 13.6. The number of hydrogen-bond acceptors (Lipinski definition) is 6. The molecule has 9 heteroatoms. The molecule has 23 heavy (non-hydrogen) atoms. The summed E-state index contributed by atoms with van der Waals surface area (Å²) in [5, 5.41) is 0.762. The molecule has 0 aliphatic carbocycles. The number of sulfonamides is 2. The van der Waals surface area contributed by atoms with Crippen LogP contribution in [-0.4, -0.2) is 29.1 Å². The Kier molecular flexibility index (Phi) is 4.55. The highest BCUT2D eigenvalue weighted by molar-refractivity contribution is 8.04. The highest BCUT2D eigenvalue weighted by atomic mass is 32.3. The van der Waals surface area contributed by atoms with E-state index < -0.39 is 26.0 Å². The summed E-state index contributed by atoms with van der Waals surface area (Å²) in [7, 11) is -8.37. The van der Waals surface area contributed by atoms with E-state index in [4.69, 9.17) is 4.74 Å². The predicted octanol–water partition coefficient (Wildman–Crippen LogP) is 1.17. The summed E-state index contributed by atoms with van der Waals surface area (Å²) >= 11 is 0. The van der Waals surface area contributed by atoms with Crippen LogP contribution in [0.4, 0.5) is 0 Å². The Balaban J connectivity index is 2.70. The number of carbonyl (C=O) groups excluding carboxylic acids is 1. The average Bonchev–Trinajstić information content (AvgIpc) is 2.43. The summed E-state index contributed by atoms with van der Waals surface area (Å²) in [6.45, 7) is 3.25. The van der Waals surface area contributed by atoms with Crippen molar-refractivity contribution in [2.45, 2.75) is 4.90 Å². The molecule has 2 aromatic carbocycles. The van der Waals surface area contributed by atoms with Crippen molar-refractivity contribution in [2.75, 3.05) is 6.26 Å². The quantitative estimate of drug-likeness (QED) is 0.490. The number of rotatable bonds is 5. The molecule has 122 valence electrons. The van der Waals surface area contributed by atoms with Gasteiger partial charge in [0.15, 0.2) is 0 Å². The van der Waals surface area contributed by atoms with E-state index in [9.17, 15) is 21.6 Å². The Hall–Kier alpha value is -2.23. The molecule has 0 radical (unpaired) electrons. The van der Waals surface area contributed by atoms with Gasteiger partial charge in [0, 0.05) is 17.5 Å². The van der Waals surface area contributed by atoms with Gasteiger partial charge in [0.2, 0.25) is 10.0 Å². The first-order valence-electron chi connectivity index (χ1n) is 6.23. The van der Waals surface area contributed by atoms with Crippen molar-refractivity contribution >= 4 is 36.8 Å². The third-order valence-corrected chi connectivity index (χ3v) is 5.74. The Labute approximate surface area is 133 Å². The zero-order chi connectivity index (χ0) is 17.3. The van der Waals surface area contributed by atoms with Crippen LogP contribution in [0.3, 0.4) is 0 Å². The second-order valence-electron chi connectivity index (χ2n) is 4.63. The normalized spacial score (nSPS) is 12.0. The predicted molar refractivity (Wildman–Crippen MR) is 84.9 cm³/mol. The molecule has 0 aliphatic heterocycles. The van der Waals surface area contributed by atoms with E-state index in [2.05, 4.69) is 6.58 Å². The second-order valence-corrected chi connectivity index (χ2v) is 8.28. The van der Waals surface area contributed by atoms with Crippen molar-refractivity contribution in [3.05, 3.63) is 49.1 Å². The minimum atomic E-state index is -4.36. The highest BCUT2D eigenvalue weighted by Crippen LogP contribution is 2.29. The SMILES string of the molecule is C=CC(=O)Oc1cc(S(=O)(=O)NS(C)(=O)=O)c2ccccc2c1. The molecular weight excluding hydrogens is 342 g/mol. The Bertz CT molecular complexity index is 993. The maximum atomic E-state index is 12.3. The van der Waals surface area contributed by atoms with Crippen LogP contribution in [0.25, 0.3) is 10.8 Å². The first-order valence-corrected chi connectivity index (χ1v) is 9.60. The summed E-state index contributed by atoms with van der Waals surface area (Å²) in [4.78, 5) is 11.0. The van der Waals surface area contributed by atoms with Gasteiger partial charge < -0.3 is 4.74 Å². The third-order valence-electron chi connectivity index (χ3n) is 2.73. The molecule has 0 bridgehead atoms. The minimum Gasteiger partial charge on any atom is -0.423 e. The number of carbonyl (C=O) groups is 1. The molecule has 0 saturated heterocycles. The fraction of sp³-hybridized carbons (Fsp3) is 0.0714. The average molecular weight is 355 g/mol. The standard InChI is InChI=1S/C14H13NO6S2/c1-3-14(16)21-11-8-10-6-4-5-7-12(10)13(9-11)23(19,20)15-22(2,17)18/h3-9,15H,1H2,2H3. The maximum Gasteiger partial charge on any atom is 0.335 e. The Morgan fingerprint density at radius 2 is 1.83 bits per heavy atom. The Morgan fingerprint density at radius 1 is 1.17 bits per heavy atom. The van der Waals surface area contributed by atoms with Crippen molar-refractivity contribution in [3.63, 3.8) is 0 Å². The van der Waals surface area contributed by atoms with Crippen molar-refractivity contribution < 1.29 is 26.4 Å². The second kappa shape index (κ2) is 6.11. The number of nitrogens with one attached hydrogen (secondary N) is 1. The van der Waals surface area contributed by atoms with E-state index >= 15 is 0 Å². The number of ether oxygens (including phenoxy) is 1. The van der Waals surface area contributed by atoms with E-state index in [0.717, 1.165) is 18.4 Å². The third kappa shape index (κ3) is 4.15. The molecule has 2 rings (SSSR count). The maximum absolute atomic E-state index is 12.3. The van der Waals surface area contributed by atoms with Gasteiger partial charge in [-0.2, -0.15) is 0 Å². The topological polar surface area (TPSA) is 107 Å². The minimum absolute atomic E-state index is 0.0394. The fourth-order valence-corrected chi connectivity index (χ4v) is 4.63. The molecule has 7 nitrogen and oxygen atoms in total. The molecule has 0 spiro atoms. The molecule has 0 aliphatic rings. The van der Waals surface area contributed by atoms with Crippen LogP contribution in [0.1, 0.15) is 0 Å². The van der Waals surface area contributed by atoms with Gasteiger partial charge in [-0.15, -0.1) is 4.13 Å². The van der Waals surface area contributed by atoms with Gasteiger partial charge in [-0.3, -0.25) is 0 Å². The van der Waals surface area contributed by atoms with Crippen molar-refractivity contribution in [2.24, 2.45) is 0 Å². The molecule has 0 atom stereocenters. The van der Waals surface area contributed by atoms with Gasteiger partial charge in [0.25, 0.3) is 10.0 Å². The van der Waals surface area contributed by atoms with E-state index in [-0.39, 0.29) is 10.6 Å². The summed E-state index contributed by atoms with van der Waals surface area (Å²) in [5.74, 6) is -0.804. The molecule has 1 N–H and O–H groups in total. The molecule has 0 heterocycles. The van der Waals surface area contributed by atoms with Gasteiger partial charge in [-0.1, -0.05) is 30.8 Å². The number of benzene rings is 2. The largest absolute Gasteiger partial charge is 0.423 e. The lowest BCUT2D eigenvalue weighted by atomic mass is 10.1. The van der Waals surface area contributed by atoms with Crippen LogP contribution in [0.2, 0.25) is 0 Å². The van der Waals surface area contributed by atoms with E-state index in [0.29, 0.717) is 10.8 Å². The molecule has 0 fully saturated rings. The van der Waals surface area contributed by atoms with Gasteiger partial charge in [-0.05, 0) is 11.5 Å². The molecule has 2 aromatic rings.